The molecule has 142 valence electrons. The third-order valence-electron chi connectivity index (χ3n) is 5.11. The first kappa shape index (κ1) is 16.9. The van der Waals surface area contributed by atoms with E-state index in [0.717, 1.165) is 5.69 Å². The first-order valence-electron chi connectivity index (χ1n) is 9.08. The lowest BCUT2D eigenvalue weighted by atomic mass is 9.99. The number of aromatic hydroxyl groups is 1. The van der Waals surface area contributed by atoms with Crippen molar-refractivity contribution in [3.8, 4) is 28.6 Å². The number of ether oxygens (including phenoxy) is 1. The molecule has 0 aliphatic carbocycles. The molecule has 2 bridgehead atoms. The molecule has 5 rings (SSSR count). The van der Waals surface area contributed by atoms with Crippen LogP contribution in [0.1, 0.15) is 6.42 Å². The Morgan fingerprint density at radius 1 is 1.18 bits per heavy atom. The van der Waals surface area contributed by atoms with Crippen molar-refractivity contribution >= 4 is 0 Å². The molecule has 4 atom stereocenters. The molecule has 2 aliphatic heterocycles. The van der Waals surface area contributed by atoms with Crippen LogP contribution in [0.25, 0.3) is 16.9 Å². The Hall–Kier alpha value is -3.26. The van der Waals surface area contributed by atoms with Crippen molar-refractivity contribution in [2.75, 3.05) is 0 Å². The van der Waals surface area contributed by atoms with Gasteiger partial charge in [-0.05, 0) is 18.2 Å². The molecule has 28 heavy (non-hydrogen) atoms. The lowest BCUT2D eigenvalue weighted by Crippen LogP contribution is -2.52. The second kappa shape index (κ2) is 6.72. The van der Waals surface area contributed by atoms with Gasteiger partial charge in [0.05, 0.1) is 23.8 Å². The van der Waals surface area contributed by atoms with Gasteiger partial charge in [0.25, 0.3) is 0 Å². The summed E-state index contributed by atoms with van der Waals surface area (Å²) in [5.74, 6) is 0.353. The van der Waals surface area contributed by atoms with E-state index >= 15 is 0 Å². The summed E-state index contributed by atoms with van der Waals surface area (Å²) in [4.78, 5) is 4.00. The molecule has 0 spiro atoms. The number of phenols is 1. The molecule has 0 saturated carbocycles. The van der Waals surface area contributed by atoms with Crippen LogP contribution < -0.4 is 10.1 Å². The molecule has 1 saturated heterocycles. The van der Waals surface area contributed by atoms with Crippen LogP contribution >= 0.6 is 0 Å². The maximum absolute atomic E-state index is 14.5. The number of aromatic nitrogens is 4. The lowest BCUT2D eigenvalue weighted by Gasteiger charge is -2.32. The molecule has 2 unspecified atom stereocenters. The van der Waals surface area contributed by atoms with Crippen LogP contribution in [0, 0.1) is 0 Å². The Kier molecular flexibility index (Phi) is 4.05. The molecule has 2 aliphatic rings. The van der Waals surface area contributed by atoms with E-state index in [1.807, 2.05) is 18.2 Å². The van der Waals surface area contributed by atoms with Crippen LogP contribution in [-0.4, -0.2) is 49.2 Å². The van der Waals surface area contributed by atoms with E-state index < -0.39 is 12.3 Å². The minimum atomic E-state index is -1.13. The summed E-state index contributed by atoms with van der Waals surface area (Å²) in [7, 11) is 0. The second-order valence-corrected chi connectivity index (χ2v) is 6.95. The van der Waals surface area contributed by atoms with Gasteiger partial charge in [-0.2, -0.15) is 0 Å². The van der Waals surface area contributed by atoms with Gasteiger partial charge < -0.3 is 19.7 Å². The van der Waals surface area contributed by atoms with Gasteiger partial charge >= 0.3 is 0 Å². The summed E-state index contributed by atoms with van der Waals surface area (Å²) < 4.78 is 22.0. The zero-order valence-electron chi connectivity index (χ0n) is 14.8. The molecule has 2 aromatic heterocycles. The van der Waals surface area contributed by atoms with E-state index in [4.69, 9.17) is 4.74 Å². The Balaban J connectivity index is 1.33. The molecule has 8 heteroatoms. The summed E-state index contributed by atoms with van der Waals surface area (Å²) in [6.45, 7) is 0. The van der Waals surface area contributed by atoms with Gasteiger partial charge in [-0.1, -0.05) is 12.2 Å². The van der Waals surface area contributed by atoms with Crippen LogP contribution in [0.15, 0.2) is 61.2 Å². The van der Waals surface area contributed by atoms with E-state index in [1.165, 1.54) is 0 Å². The smallest absolute Gasteiger partial charge is 0.233 e. The van der Waals surface area contributed by atoms with Gasteiger partial charge in [0.2, 0.25) is 5.88 Å². The number of piperidine rings is 1. The van der Waals surface area contributed by atoms with Gasteiger partial charge in [-0.25, -0.2) is 9.37 Å². The number of rotatable bonds is 4. The highest BCUT2D eigenvalue weighted by molar-refractivity contribution is 5.68. The molecular weight excluding hydrogens is 361 g/mol. The average molecular weight is 379 g/mol. The summed E-state index contributed by atoms with van der Waals surface area (Å²) in [6, 6.07) is 8.44. The molecule has 0 radical (unpaired) electrons. The fourth-order valence-corrected chi connectivity index (χ4v) is 3.67. The SMILES string of the molecule is Oc1cc(-n2ccnc2)ccc1-c1ccc(O[C@H]2CC3C=CC(N3)[C@@H]2F)nn1. The van der Waals surface area contributed by atoms with Crippen molar-refractivity contribution < 1.29 is 14.2 Å². The summed E-state index contributed by atoms with van der Waals surface area (Å²) in [6.07, 6.45) is 7.80. The van der Waals surface area contributed by atoms with E-state index in [2.05, 4.69) is 20.5 Å². The van der Waals surface area contributed by atoms with Crippen molar-refractivity contribution in [1.82, 2.24) is 25.1 Å². The number of hydrogen-bond donors (Lipinski definition) is 2. The number of halogens is 1. The number of alkyl halides is 1. The highest BCUT2D eigenvalue weighted by Gasteiger charge is 2.40. The molecule has 3 aromatic rings. The Bertz CT molecular complexity index is 1010. The van der Waals surface area contributed by atoms with Crippen molar-refractivity contribution in [2.24, 2.45) is 0 Å². The summed E-state index contributed by atoms with van der Waals surface area (Å²) >= 11 is 0. The Morgan fingerprint density at radius 2 is 2.11 bits per heavy atom. The van der Waals surface area contributed by atoms with Gasteiger partial charge in [-0.15, -0.1) is 10.2 Å². The fourth-order valence-electron chi connectivity index (χ4n) is 3.67. The standard InChI is InChI=1S/C20H18FN5O2/c21-20-16-4-1-12(23-16)9-18(20)28-19-6-5-15(24-25-19)14-3-2-13(10-17(14)27)26-8-7-22-11-26/h1-8,10-12,16,18,20,23,27H,9H2/t12?,16?,18-,20-/m0/s1. The topological polar surface area (TPSA) is 85.1 Å². The normalized spacial score (nSPS) is 25.8. The second-order valence-electron chi connectivity index (χ2n) is 6.95. The fraction of sp³-hybridized carbons (Fsp3) is 0.250. The average Bonchev–Trinajstić information content (AvgIpc) is 3.37. The van der Waals surface area contributed by atoms with E-state index in [1.54, 1.807) is 47.6 Å². The van der Waals surface area contributed by atoms with Crippen LogP contribution in [0.3, 0.4) is 0 Å². The zero-order chi connectivity index (χ0) is 19.1. The molecular formula is C20H18FN5O2. The van der Waals surface area contributed by atoms with Crippen molar-refractivity contribution in [2.45, 2.75) is 30.8 Å². The Labute approximate surface area is 160 Å². The predicted octanol–water partition coefficient (Wildman–Crippen LogP) is 2.42. The molecule has 0 amide bonds. The third-order valence-corrected chi connectivity index (χ3v) is 5.11. The lowest BCUT2D eigenvalue weighted by molar-refractivity contribution is 0.0475. The highest BCUT2D eigenvalue weighted by Crippen LogP contribution is 2.31. The molecule has 4 heterocycles. The number of benzene rings is 1. The number of nitrogens with one attached hydrogen (secondary N) is 1. The van der Waals surface area contributed by atoms with Crippen molar-refractivity contribution in [3.05, 3.63) is 61.2 Å². The molecule has 7 nitrogen and oxygen atoms in total. The molecule has 2 N–H and O–H groups in total. The van der Waals surface area contributed by atoms with Crippen molar-refractivity contribution in [3.63, 3.8) is 0 Å². The maximum Gasteiger partial charge on any atom is 0.233 e. The third kappa shape index (κ3) is 3.01. The van der Waals surface area contributed by atoms with Crippen LogP contribution in [0.4, 0.5) is 4.39 Å². The van der Waals surface area contributed by atoms with Crippen LogP contribution in [0.2, 0.25) is 0 Å². The van der Waals surface area contributed by atoms with Gasteiger partial charge in [-0.3, -0.25) is 0 Å². The number of phenolic OH excluding ortho intramolecular Hbond substituents is 1. The first-order valence-corrected chi connectivity index (χ1v) is 9.08. The minimum absolute atomic E-state index is 0.0824. The quantitative estimate of drug-likeness (QED) is 0.678. The van der Waals surface area contributed by atoms with E-state index in [0.29, 0.717) is 17.7 Å². The predicted molar refractivity (Wildman–Crippen MR) is 100 cm³/mol. The highest BCUT2D eigenvalue weighted by atomic mass is 19.1. The van der Waals surface area contributed by atoms with E-state index in [-0.39, 0.29) is 23.7 Å². The van der Waals surface area contributed by atoms with Crippen molar-refractivity contribution in [1.29, 1.82) is 0 Å². The zero-order valence-corrected chi connectivity index (χ0v) is 14.8. The minimum Gasteiger partial charge on any atom is -0.507 e. The van der Waals surface area contributed by atoms with Crippen LogP contribution in [-0.2, 0) is 0 Å². The first-order chi connectivity index (χ1) is 13.7. The number of nitrogens with zero attached hydrogens (tertiary/aromatic N) is 4. The molecule has 1 aromatic carbocycles. The number of imidazole rings is 1. The van der Waals surface area contributed by atoms with Gasteiger partial charge in [0.15, 0.2) is 6.17 Å². The monoisotopic (exact) mass is 379 g/mol. The Morgan fingerprint density at radius 3 is 2.86 bits per heavy atom. The van der Waals surface area contributed by atoms with Gasteiger partial charge in [0, 0.05) is 42.6 Å². The largest absolute Gasteiger partial charge is 0.507 e. The number of hydrogen-bond acceptors (Lipinski definition) is 6. The number of fused-ring (bicyclic) bond motifs is 2. The van der Waals surface area contributed by atoms with Crippen LogP contribution in [0.5, 0.6) is 11.6 Å². The molecule has 1 fully saturated rings. The maximum atomic E-state index is 14.5. The van der Waals surface area contributed by atoms with E-state index in [9.17, 15) is 9.50 Å². The summed E-state index contributed by atoms with van der Waals surface area (Å²) in [5, 5.41) is 21.7. The summed E-state index contributed by atoms with van der Waals surface area (Å²) in [5.41, 5.74) is 1.84. The van der Waals surface area contributed by atoms with Gasteiger partial charge in [0.1, 0.15) is 11.9 Å².